The highest BCUT2D eigenvalue weighted by molar-refractivity contribution is 5.90. The number of rotatable bonds is 6. The number of oxazole rings is 1. The minimum atomic E-state index is -0.732. The highest BCUT2D eigenvalue weighted by Gasteiger charge is 2.13. The molecule has 0 aliphatic rings. The van der Waals surface area contributed by atoms with Crippen LogP contribution in [0.2, 0.25) is 0 Å². The minimum absolute atomic E-state index is 0.118. The molecular weight excluding hydrogens is 378 g/mol. The molecule has 0 aliphatic heterocycles. The summed E-state index contributed by atoms with van der Waals surface area (Å²) in [6, 6.07) is 10.6. The monoisotopic (exact) mass is 394 g/mol. The number of halogens is 2. The number of aryl methyl sites for hydroxylation is 1. The van der Waals surface area contributed by atoms with E-state index in [2.05, 4.69) is 15.3 Å². The zero-order chi connectivity index (χ0) is 20.2. The number of hydrogen-bond donors (Lipinski definition) is 1. The average molecular weight is 394 g/mol. The van der Waals surface area contributed by atoms with Gasteiger partial charge < -0.3 is 14.3 Å². The van der Waals surface area contributed by atoms with E-state index in [1.54, 1.807) is 24.7 Å². The van der Waals surface area contributed by atoms with E-state index < -0.39 is 11.6 Å². The van der Waals surface area contributed by atoms with Gasteiger partial charge in [0.25, 0.3) is 0 Å². The van der Waals surface area contributed by atoms with Crippen molar-refractivity contribution in [2.24, 2.45) is 0 Å². The van der Waals surface area contributed by atoms with Crippen molar-refractivity contribution in [3.05, 3.63) is 84.9 Å². The van der Waals surface area contributed by atoms with E-state index in [0.29, 0.717) is 11.6 Å². The third kappa shape index (κ3) is 4.37. The molecule has 2 heterocycles. The lowest BCUT2D eigenvalue weighted by Crippen LogP contribution is -2.12. The molecule has 2 aromatic carbocycles. The van der Waals surface area contributed by atoms with Crippen molar-refractivity contribution >= 4 is 11.6 Å². The second-order valence-corrected chi connectivity index (χ2v) is 6.31. The number of benzene rings is 2. The molecule has 0 atom stereocenters. The summed E-state index contributed by atoms with van der Waals surface area (Å²) >= 11 is 0. The molecule has 4 aromatic rings. The molecule has 0 fully saturated rings. The topological polar surface area (TPSA) is 73.0 Å². The van der Waals surface area contributed by atoms with Gasteiger partial charge in [0.05, 0.1) is 18.1 Å². The van der Waals surface area contributed by atoms with Crippen LogP contribution in [0.4, 0.5) is 14.5 Å². The molecule has 1 amide bonds. The Balaban J connectivity index is 1.33. The van der Waals surface area contributed by atoms with E-state index in [1.165, 1.54) is 12.3 Å². The average Bonchev–Trinajstić information content (AvgIpc) is 3.39. The fourth-order valence-corrected chi connectivity index (χ4v) is 2.81. The van der Waals surface area contributed by atoms with Gasteiger partial charge in [0.1, 0.15) is 11.6 Å². The summed E-state index contributed by atoms with van der Waals surface area (Å²) in [5, 5.41) is 2.80. The van der Waals surface area contributed by atoms with Crippen molar-refractivity contribution in [1.29, 1.82) is 0 Å². The van der Waals surface area contributed by atoms with E-state index in [1.807, 2.05) is 22.9 Å². The van der Waals surface area contributed by atoms with Crippen LogP contribution in [0.1, 0.15) is 12.3 Å². The van der Waals surface area contributed by atoms with Crippen molar-refractivity contribution < 1.29 is 18.0 Å². The normalized spacial score (nSPS) is 10.8. The van der Waals surface area contributed by atoms with Gasteiger partial charge in [0, 0.05) is 42.7 Å². The molecule has 29 heavy (non-hydrogen) atoms. The molecule has 0 saturated heterocycles. The van der Waals surface area contributed by atoms with Gasteiger partial charge in [0.15, 0.2) is 11.7 Å². The van der Waals surface area contributed by atoms with E-state index in [0.717, 1.165) is 17.8 Å². The van der Waals surface area contributed by atoms with Gasteiger partial charge in [-0.1, -0.05) is 0 Å². The van der Waals surface area contributed by atoms with Crippen LogP contribution in [-0.2, 0) is 11.2 Å². The molecule has 0 radical (unpaired) electrons. The Morgan fingerprint density at radius 2 is 1.97 bits per heavy atom. The second kappa shape index (κ2) is 8.05. The molecule has 0 unspecified atom stereocenters. The van der Waals surface area contributed by atoms with Crippen molar-refractivity contribution in [3.8, 4) is 17.0 Å². The number of amides is 1. The number of aromatic nitrogens is 3. The molecule has 0 saturated carbocycles. The summed E-state index contributed by atoms with van der Waals surface area (Å²) in [4.78, 5) is 20.2. The number of carbonyl (C=O) groups is 1. The standard InChI is InChI=1S/C21H16F2N4O2/c22-14-1-6-17(18(23)11-14)19-12-25-21(29-19)8-7-20(28)26-15-2-4-16(5-3-15)27-10-9-24-13-27/h1-6,9-13H,7-8H2,(H,26,28). The van der Waals surface area contributed by atoms with Crippen LogP contribution in [0.15, 0.2) is 71.8 Å². The summed E-state index contributed by atoms with van der Waals surface area (Å²) < 4.78 is 34.2. The quantitative estimate of drug-likeness (QED) is 0.527. The molecule has 6 nitrogen and oxygen atoms in total. The lowest BCUT2D eigenvalue weighted by molar-refractivity contribution is -0.116. The Labute approximate surface area is 164 Å². The first-order valence-corrected chi connectivity index (χ1v) is 8.87. The van der Waals surface area contributed by atoms with Crippen molar-refractivity contribution in [2.45, 2.75) is 12.8 Å². The fourth-order valence-electron chi connectivity index (χ4n) is 2.81. The van der Waals surface area contributed by atoms with Crippen molar-refractivity contribution in [3.63, 3.8) is 0 Å². The number of nitrogens with zero attached hydrogens (tertiary/aromatic N) is 3. The van der Waals surface area contributed by atoms with Crippen LogP contribution >= 0.6 is 0 Å². The smallest absolute Gasteiger partial charge is 0.224 e. The molecule has 1 N–H and O–H groups in total. The minimum Gasteiger partial charge on any atom is -0.441 e. The molecule has 146 valence electrons. The summed E-state index contributed by atoms with van der Waals surface area (Å²) in [7, 11) is 0. The van der Waals surface area contributed by atoms with E-state index in [9.17, 15) is 13.6 Å². The maximum Gasteiger partial charge on any atom is 0.224 e. The first-order valence-electron chi connectivity index (χ1n) is 8.87. The van der Waals surface area contributed by atoms with Crippen LogP contribution in [0, 0.1) is 11.6 Å². The van der Waals surface area contributed by atoms with Gasteiger partial charge in [-0.3, -0.25) is 4.79 Å². The van der Waals surface area contributed by atoms with E-state index in [4.69, 9.17) is 4.42 Å². The van der Waals surface area contributed by atoms with Gasteiger partial charge in [-0.2, -0.15) is 0 Å². The highest BCUT2D eigenvalue weighted by atomic mass is 19.1. The molecule has 2 aromatic heterocycles. The Hall–Kier alpha value is -3.81. The predicted octanol–water partition coefficient (Wildman–Crippen LogP) is 4.38. The highest BCUT2D eigenvalue weighted by Crippen LogP contribution is 2.24. The summed E-state index contributed by atoms with van der Waals surface area (Å²) in [6.07, 6.45) is 6.97. The third-order valence-electron chi connectivity index (χ3n) is 4.27. The largest absolute Gasteiger partial charge is 0.441 e. The number of hydrogen-bond acceptors (Lipinski definition) is 4. The second-order valence-electron chi connectivity index (χ2n) is 6.31. The molecule has 8 heteroatoms. The van der Waals surface area contributed by atoms with Crippen LogP contribution in [0.3, 0.4) is 0 Å². The van der Waals surface area contributed by atoms with Gasteiger partial charge in [-0.05, 0) is 36.4 Å². The first-order chi connectivity index (χ1) is 14.1. The SMILES string of the molecule is O=C(CCc1ncc(-c2ccc(F)cc2F)o1)Nc1ccc(-n2ccnc2)cc1. The first kappa shape index (κ1) is 18.5. The van der Waals surface area contributed by atoms with E-state index >= 15 is 0 Å². The van der Waals surface area contributed by atoms with E-state index in [-0.39, 0.29) is 30.1 Å². The lowest BCUT2D eigenvalue weighted by Gasteiger charge is -2.06. The van der Waals surface area contributed by atoms with Crippen molar-refractivity contribution in [1.82, 2.24) is 14.5 Å². The van der Waals surface area contributed by atoms with Crippen LogP contribution < -0.4 is 5.32 Å². The Morgan fingerprint density at radius 1 is 1.14 bits per heavy atom. The maximum atomic E-state index is 13.8. The maximum absolute atomic E-state index is 13.8. The number of carbonyl (C=O) groups excluding carboxylic acids is 1. The molecule has 0 spiro atoms. The number of imidazole rings is 1. The van der Waals surface area contributed by atoms with Crippen molar-refractivity contribution in [2.75, 3.05) is 5.32 Å². The number of nitrogens with one attached hydrogen (secondary N) is 1. The van der Waals surface area contributed by atoms with Gasteiger partial charge in [-0.15, -0.1) is 0 Å². The zero-order valence-electron chi connectivity index (χ0n) is 15.2. The summed E-state index contributed by atoms with van der Waals surface area (Å²) in [6.45, 7) is 0. The van der Waals surface area contributed by atoms with Crippen LogP contribution in [-0.4, -0.2) is 20.4 Å². The zero-order valence-corrected chi connectivity index (χ0v) is 15.2. The van der Waals surface area contributed by atoms with Crippen LogP contribution in [0.25, 0.3) is 17.0 Å². The lowest BCUT2D eigenvalue weighted by atomic mass is 10.2. The molecule has 0 aliphatic carbocycles. The summed E-state index contributed by atoms with van der Waals surface area (Å²) in [5.41, 5.74) is 1.72. The van der Waals surface area contributed by atoms with Crippen LogP contribution in [0.5, 0.6) is 0 Å². The Bertz CT molecular complexity index is 1120. The predicted molar refractivity (Wildman–Crippen MR) is 102 cm³/mol. The van der Waals surface area contributed by atoms with Gasteiger partial charge in [-0.25, -0.2) is 18.7 Å². The van der Waals surface area contributed by atoms with Gasteiger partial charge in [0.2, 0.25) is 5.91 Å². The molecule has 0 bridgehead atoms. The van der Waals surface area contributed by atoms with Gasteiger partial charge >= 0.3 is 0 Å². The molecular formula is C21H16F2N4O2. The Morgan fingerprint density at radius 3 is 2.69 bits per heavy atom. The Kier molecular flexibility index (Phi) is 5.15. The number of anilines is 1. The fraction of sp³-hybridized carbons (Fsp3) is 0.0952. The summed E-state index contributed by atoms with van der Waals surface area (Å²) in [5.74, 6) is -1.11. The third-order valence-corrected chi connectivity index (χ3v) is 4.27. The molecule has 4 rings (SSSR count).